The number of nitrogens with zero attached hydrogens (tertiary/aromatic N) is 2. The molecule has 2 unspecified atom stereocenters. The van der Waals surface area contributed by atoms with Crippen LogP contribution in [0.5, 0.6) is 5.75 Å². The Morgan fingerprint density at radius 3 is 2.53 bits per heavy atom. The second-order valence-electron chi connectivity index (χ2n) is 8.17. The summed E-state index contributed by atoms with van der Waals surface area (Å²) in [4.78, 5) is 61.2. The highest BCUT2D eigenvalue weighted by molar-refractivity contribution is 6.01. The number of benzene rings is 1. The molecule has 4 amide bonds. The first-order valence-electron chi connectivity index (χ1n) is 11.0. The molecular weight excluding hydrogens is 478 g/mol. The van der Waals surface area contributed by atoms with Gasteiger partial charge in [0.25, 0.3) is 11.6 Å². The van der Waals surface area contributed by atoms with E-state index in [2.05, 4.69) is 21.1 Å². The van der Waals surface area contributed by atoms with E-state index in [-0.39, 0.29) is 30.0 Å². The summed E-state index contributed by atoms with van der Waals surface area (Å²) in [5, 5.41) is 33.8. The van der Waals surface area contributed by atoms with Crippen molar-refractivity contribution in [1.82, 2.24) is 16.0 Å². The number of amides is 4. The highest BCUT2D eigenvalue weighted by Gasteiger charge is 2.33. The van der Waals surface area contributed by atoms with Crippen molar-refractivity contribution in [2.75, 3.05) is 6.61 Å². The highest BCUT2D eigenvalue weighted by atomic mass is 16.6. The Hall–Kier alpha value is -4.43. The largest absolute Gasteiger partial charge is 0.859 e. The van der Waals surface area contributed by atoms with Gasteiger partial charge in [0.2, 0.25) is 17.7 Å². The molecule has 1 heterocycles. The van der Waals surface area contributed by atoms with E-state index in [4.69, 9.17) is 16.3 Å². The Balaban J connectivity index is 2.57. The molecule has 15 heteroatoms. The lowest BCUT2D eigenvalue weighted by Gasteiger charge is -2.29. The van der Waals surface area contributed by atoms with Gasteiger partial charge in [0.05, 0.1) is 29.6 Å². The normalized spacial score (nSPS) is 22.6. The molecule has 36 heavy (non-hydrogen) atoms. The number of hydrogen-bond donors (Lipinski definition) is 5. The molecule has 1 aromatic rings. The number of nitrogens with one attached hydrogen (secondary N) is 3. The number of primary amides is 1. The van der Waals surface area contributed by atoms with Gasteiger partial charge in [-0.25, -0.2) is 5.10 Å². The maximum Gasteiger partial charge on any atom is 0.270 e. The zero-order valence-corrected chi connectivity index (χ0v) is 19.7. The molecule has 0 fully saturated rings. The van der Waals surface area contributed by atoms with Crippen LogP contribution in [0.1, 0.15) is 43.5 Å². The summed E-state index contributed by atoms with van der Waals surface area (Å²) < 4.78 is 5.59. The van der Waals surface area contributed by atoms with Crippen molar-refractivity contribution in [3.8, 4) is 5.75 Å². The molecule has 15 nitrogen and oxygen atoms in total. The summed E-state index contributed by atoms with van der Waals surface area (Å²) in [6.45, 7) is 3.20. The summed E-state index contributed by atoms with van der Waals surface area (Å²) in [5.74, 6) is 0.208. The van der Waals surface area contributed by atoms with E-state index in [9.17, 15) is 34.4 Å². The number of hydrazone groups is 1. The third kappa shape index (κ3) is 7.04. The standard InChI is InChI=1S/C21H29N7O8/c1-3-10(2)17-21(33)25-14(9-16(22)29)19(31)24-13(20(32)27-23)6-7-36-15-5-4-11(28(34)35)8-12(15)18(30)26-17/h4-5,8,10,13-14,17H,3,6-7,9,23H2,1-2H3,(H2,22,29)(H,24,31)(H,25,33)(H,26,30)(H,27,32)/p-1/t10?,13?,14-,17-/m0/s1. The van der Waals surface area contributed by atoms with Crippen molar-refractivity contribution < 1.29 is 33.9 Å². The van der Waals surface area contributed by atoms with E-state index < -0.39 is 64.9 Å². The van der Waals surface area contributed by atoms with Crippen LogP contribution < -0.4 is 37.4 Å². The maximum atomic E-state index is 13.1. The van der Waals surface area contributed by atoms with Gasteiger partial charge in [-0.1, -0.05) is 20.3 Å². The van der Waals surface area contributed by atoms with E-state index in [0.29, 0.717) is 6.42 Å². The third-order valence-electron chi connectivity index (χ3n) is 5.64. The number of carbonyl (C=O) groups is 4. The number of non-ortho nitro benzene ring substituents is 1. The Morgan fingerprint density at radius 1 is 1.25 bits per heavy atom. The summed E-state index contributed by atoms with van der Waals surface area (Å²) in [6.07, 6.45) is -0.334. The van der Waals surface area contributed by atoms with Gasteiger partial charge in [0.15, 0.2) is 0 Å². The van der Waals surface area contributed by atoms with Crippen LogP contribution in [-0.4, -0.2) is 59.2 Å². The van der Waals surface area contributed by atoms with E-state index in [1.165, 1.54) is 6.07 Å². The van der Waals surface area contributed by atoms with Crippen molar-refractivity contribution in [1.29, 1.82) is 0 Å². The minimum atomic E-state index is -1.47. The van der Waals surface area contributed by atoms with Gasteiger partial charge in [-0.15, -0.1) is 0 Å². The Morgan fingerprint density at radius 2 is 1.94 bits per heavy atom. The fourth-order valence-corrected chi connectivity index (χ4v) is 3.43. The van der Waals surface area contributed by atoms with E-state index in [1.807, 2.05) is 0 Å². The topological polar surface area (TPSA) is 244 Å². The molecule has 0 saturated heterocycles. The highest BCUT2D eigenvalue weighted by Crippen LogP contribution is 2.25. The molecule has 1 aromatic carbocycles. The SMILES string of the molecule is CCC(C)[C@@H]1NC(=O)c2cc([N+](=O)[O-])ccc2OCCC(/C([O-])=N/N)NC(=O)[C@H](CC(N)=O)NC1=O. The van der Waals surface area contributed by atoms with E-state index in [1.54, 1.807) is 13.8 Å². The van der Waals surface area contributed by atoms with Crippen LogP contribution in [0.25, 0.3) is 0 Å². The smallest absolute Gasteiger partial charge is 0.270 e. The van der Waals surface area contributed by atoms with Crippen LogP contribution in [0, 0.1) is 16.0 Å². The van der Waals surface area contributed by atoms with Gasteiger partial charge in [-0.2, -0.15) is 0 Å². The van der Waals surface area contributed by atoms with E-state index >= 15 is 0 Å². The summed E-state index contributed by atoms with van der Waals surface area (Å²) >= 11 is 0. The monoisotopic (exact) mass is 506 g/mol. The van der Waals surface area contributed by atoms with Gasteiger partial charge < -0.3 is 37.4 Å². The van der Waals surface area contributed by atoms with Crippen LogP contribution in [0.15, 0.2) is 23.3 Å². The van der Waals surface area contributed by atoms with Gasteiger partial charge in [-0.05, 0) is 12.0 Å². The van der Waals surface area contributed by atoms with Crippen molar-refractivity contribution in [3.05, 3.63) is 33.9 Å². The third-order valence-corrected chi connectivity index (χ3v) is 5.64. The average Bonchev–Trinajstić information content (AvgIpc) is 2.84. The molecule has 2 rings (SSSR count). The number of fused-ring (bicyclic) bond motifs is 1. The second kappa shape index (κ2) is 12.3. The molecule has 196 valence electrons. The Labute approximate surface area is 205 Å². The number of ether oxygens (including phenoxy) is 1. The zero-order valence-electron chi connectivity index (χ0n) is 19.7. The van der Waals surface area contributed by atoms with Crippen molar-refractivity contribution in [3.63, 3.8) is 0 Å². The molecule has 0 radical (unpaired) electrons. The molecule has 0 bridgehead atoms. The molecule has 7 N–H and O–H groups in total. The minimum absolute atomic E-state index is 0.0488. The second-order valence-corrected chi connectivity index (χ2v) is 8.17. The van der Waals surface area contributed by atoms with Crippen LogP contribution in [0.2, 0.25) is 0 Å². The fourth-order valence-electron chi connectivity index (χ4n) is 3.43. The molecule has 0 aliphatic carbocycles. The summed E-state index contributed by atoms with van der Waals surface area (Å²) in [5.41, 5.74) is 4.62. The Kier molecular flexibility index (Phi) is 9.52. The number of hydrogen-bond acceptors (Lipinski definition) is 10. The quantitative estimate of drug-likeness (QED) is 0.0939. The molecule has 0 spiro atoms. The molecule has 0 aromatic heterocycles. The zero-order chi connectivity index (χ0) is 27.0. The number of nitro groups is 1. The average molecular weight is 506 g/mol. The summed E-state index contributed by atoms with van der Waals surface area (Å²) in [6, 6.07) is -0.623. The first-order chi connectivity index (χ1) is 17.0. The maximum absolute atomic E-state index is 13.1. The predicted molar refractivity (Wildman–Crippen MR) is 123 cm³/mol. The van der Waals surface area contributed by atoms with Crippen LogP contribution >= 0.6 is 0 Å². The van der Waals surface area contributed by atoms with Crippen molar-refractivity contribution >= 4 is 35.2 Å². The molecular formula is C21H28N7O8-. The number of nitrogens with two attached hydrogens (primary N) is 2. The fraction of sp³-hybridized carbons (Fsp3) is 0.476. The van der Waals surface area contributed by atoms with Gasteiger partial charge in [0.1, 0.15) is 17.8 Å². The molecule has 4 atom stereocenters. The Bertz CT molecular complexity index is 1060. The van der Waals surface area contributed by atoms with Gasteiger partial charge >= 0.3 is 0 Å². The molecule has 1 aliphatic rings. The number of nitro benzene ring substituents is 1. The lowest BCUT2D eigenvalue weighted by atomic mass is 9.97. The molecule has 0 saturated carbocycles. The number of carbonyl (C=O) groups excluding carboxylic acids is 4. The first-order valence-corrected chi connectivity index (χ1v) is 11.0. The van der Waals surface area contributed by atoms with Crippen LogP contribution in [-0.2, 0) is 14.4 Å². The minimum Gasteiger partial charge on any atom is -0.859 e. The van der Waals surface area contributed by atoms with Crippen molar-refractivity contribution in [2.24, 2.45) is 22.6 Å². The van der Waals surface area contributed by atoms with Crippen molar-refractivity contribution in [2.45, 2.75) is 51.2 Å². The lowest BCUT2D eigenvalue weighted by molar-refractivity contribution is -0.384. The van der Waals surface area contributed by atoms with Gasteiger partial charge in [-0.3, -0.25) is 29.3 Å². The summed E-state index contributed by atoms with van der Waals surface area (Å²) in [7, 11) is 0. The number of rotatable bonds is 6. The predicted octanol–water partition coefficient (Wildman–Crippen LogP) is -2.00. The lowest BCUT2D eigenvalue weighted by Crippen LogP contribution is -2.58. The first kappa shape index (κ1) is 27.8. The van der Waals surface area contributed by atoms with Crippen LogP contribution in [0.4, 0.5) is 5.69 Å². The van der Waals surface area contributed by atoms with Gasteiger partial charge in [0, 0.05) is 24.5 Å². The molecule has 1 aliphatic heterocycles. The van der Waals surface area contributed by atoms with Crippen LogP contribution in [0.3, 0.4) is 0 Å². The van der Waals surface area contributed by atoms with E-state index in [0.717, 1.165) is 12.1 Å².